The SMILES string of the molecule is O=Cc1cccc(OCc2cscn2)c1. The van der Waals surface area contributed by atoms with E-state index in [0.29, 0.717) is 17.9 Å². The normalized spacial score (nSPS) is 9.87. The van der Waals surface area contributed by atoms with E-state index in [-0.39, 0.29) is 0 Å². The number of carbonyl (C=O) groups excluding carboxylic acids is 1. The molecule has 0 atom stereocenters. The van der Waals surface area contributed by atoms with Gasteiger partial charge in [0.25, 0.3) is 0 Å². The smallest absolute Gasteiger partial charge is 0.150 e. The lowest BCUT2D eigenvalue weighted by atomic mass is 10.2. The number of carbonyl (C=O) groups is 1. The monoisotopic (exact) mass is 219 g/mol. The van der Waals surface area contributed by atoms with Gasteiger partial charge in [-0.15, -0.1) is 11.3 Å². The highest BCUT2D eigenvalue weighted by atomic mass is 32.1. The molecule has 1 aromatic heterocycles. The Balaban J connectivity index is 2.01. The summed E-state index contributed by atoms with van der Waals surface area (Å²) >= 11 is 1.54. The van der Waals surface area contributed by atoms with E-state index in [4.69, 9.17) is 4.74 Å². The molecule has 0 N–H and O–H groups in total. The molecule has 0 aliphatic carbocycles. The lowest BCUT2D eigenvalue weighted by molar-refractivity contribution is 0.112. The van der Waals surface area contributed by atoms with Gasteiger partial charge in [-0.3, -0.25) is 4.79 Å². The second kappa shape index (κ2) is 4.70. The zero-order chi connectivity index (χ0) is 10.5. The fraction of sp³-hybridized carbons (Fsp3) is 0.0909. The van der Waals surface area contributed by atoms with E-state index < -0.39 is 0 Å². The minimum atomic E-state index is 0.436. The second-order valence-corrected chi connectivity index (χ2v) is 3.68. The molecule has 0 saturated heterocycles. The van der Waals surface area contributed by atoms with Crippen LogP contribution < -0.4 is 4.74 Å². The molecule has 0 radical (unpaired) electrons. The number of ether oxygens (including phenoxy) is 1. The number of thiazole rings is 1. The summed E-state index contributed by atoms with van der Waals surface area (Å²) < 4.78 is 5.48. The van der Waals surface area contributed by atoms with Crippen molar-refractivity contribution >= 4 is 17.6 Å². The van der Waals surface area contributed by atoms with E-state index in [1.54, 1.807) is 23.7 Å². The van der Waals surface area contributed by atoms with Gasteiger partial charge in [0.15, 0.2) is 0 Å². The molecule has 76 valence electrons. The Morgan fingerprint density at radius 2 is 2.40 bits per heavy atom. The van der Waals surface area contributed by atoms with Crippen molar-refractivity contribution in [2.45, 2.75) is 6.61 Å². The topological polar surface area (TPSA) is 39.2 Å². The molecule has 1 aromatic carbocycles. The molecule has 2 aromatic rings. The average molecular weight is 219 g/mol. The number of benzene rings is 1. The maximum atomic E-state index is 10.5. The van der Waals surface area contributed by atoms with E-state index >= 15 is 0 Å². The Labute approximate surface area is 91.4 Å². The number of hydrogen-bond donors (Lipinski definition) is 0. The Morgan fingerprint density at radius 3 is 3.13 bits per heavy atom. The van der Waals surface area contributed by atoms with Crippen molar-refractivity contribution in [3.63, 3.8) is 0 Å². The summed E-state index contributed by atoms with van der Waals surface area (Å²) in [5.74, 6) is 0.688. The van der Waals surface area contributed by atoms with Crippen molar-refractivity contribution in [2.24, 2.45) is 0 Å². The highest BCUT2D eigenvalue weighted by Gasteiger charge is 1.98. The first-order chi connectivity index (χ1) is 7.38. The first-order valence-electron chi connectivity index (χ1n) is 4.43. The summed E-state index contributed by atoms with van der Waals surface area (Å²) in [4.78, 5) is 14.6. The molecule has 2 rings (SSSR count). The minimum absolute atomic E-state index is 0.436. The van der Waals surface area contributed by atoms with Gasteiger partial charge in [-0.05, 0) is 12.1 Å². The van der Waals surface area contributed by atoms with E-state index in [1.165, 1.54) is 11.3 Å². The Kier molecular flexibility index (Phi) is 3.09. The van der Waals surface area contributed by atoms with E-state index in [2.05, 4.69) is 4.98 Å². The van der Waals surface area contributed by atoms with Crippen LogP contribution in [0.5, 0.6) is 5.75 Å². The molecule has 0 bridgehead atoms. The third-order valence-corrected chi connectivity index (χ3v) is 2.50. The molecular weight excluding hydrogens is 210 g/mol. The Morgan fingerprint density at radius 1 is 1.47 bits per heavy atom. The van der Waals surface area contributed by atoms with E-state index in [0.717, 1.165) is 12.0 Å². The largest absolute Gasteiger partial charge is 0.487 e. The van der Waals surface area contributed by atoms with Crippen LogP contribution >= 0.6 is 11.3 Å². The summed E-state index contributed by atoms with van der Waals surface area (Å²) in [6, 6.07) is 7.06. The minimum Gasteiger partial charge on any atom is -0.487 e. The number of hydrogen-bond acceptors (Lipinski definition) is 4. The maximum Gasteiger partial charge on any atom is 0.150 e. The lowest BCUT2D eigenvalue weighted by Gasteiger charge is -2.03. The molecule has 3 nitrogen and oxygen atoms in total. The second-order valence-electron chi connectivity index (χ2n) is 2.96. The van der Waals surface area contributed by atoms with Crippen molar-refractivity contribution in [1.82, 2.24) is 4.98 Å². The average Bonchev–Trinajstić information content (AvgIpc) is 2.79. The summed E-state index contributed by atoms with van der Waals surface area (Å²) in [7, 11) is 0. The molecule has 0 aliphatic rings. The van der Waals surface area contributed by atoms with Gasteiger partial charge in [0.1, 0.15) is 18.6 Å². The highest BCUT2D eigenvalue weighted by Crippen LogP contribution is 2.14. The van der Waals surface area contributed by atoms with Crippen molar-refractivity contribution in [1.29, 1.82) is 0 Å². The quantitative estimate of drug-likeness (QED) is 0.742. The zero-order valence-corrected chi connectivity index (χ0v) is 8.74. The molecule has 0 saturated carbocycles. The predicted octanol–water partition coefficient (Wildman–Crippen LogP) is 2.53. The van der Waals surface area contributed by atoms with Crippen molar-refractivity contribution in [3.05, 3.63) is 46.4 Å². The van der Waals surface area contributed by atoms with Gasteiger partial charge >= 0.3 is 0 Å². The van der Waals surface area contributed by atoms with E-state index in [9.17, 15) is 4.79 Å². The highest BCUT2D eigenvalue weighted by molar-refractivity contribution is 7.07. The van der Waals surface area contributed by atoms with Crippen LogP contribution in [-0.4, -0.2) is 11.3 Å². The van der Waals surface area contributed by atoms with Crippen LogP contribution in [0.4, 0.5) is 0 Å². The number of nitrogens with zero attached hydrogens (tertiary/aromatic N) is 1. The summed E-state index contributed by atoms with van der Waals surface area (Å²) in [6.45, 7) is 0.436. The zero-order valence-electron chi connectivity index (χ0n) is 7.92. The van der Waals surface area contributed by atoms with Crippen LogP contribution in [0.3, 0.4) is 0 Å². The van der Waals surface area contributed by atoms with Crippen LogP contribution in [0.25, 0.3) is 0 Å². The molecule has 0 aliphatic heterocycles. The molecule has 4 heteroatoms. The van der Waals surface area contributed by atoms with Gasteiger partial charge in [0, 0.05) is 10.9 Å². The molecule has 0 fully saturated rings. The lowest BCUT2D eigenvalue weighted by Crippen LogP contribution is -1.95. The number of aromatic nitrogens is 1. The van der Waals surface area contributed by atoms with Gasteiger partial charge in [0.05, 0.1) is 11.2 Å². The number of aldehydes is 1. The molecule has 0 unspecified atom stereocenters. The van der Waals surface area contributed by atoms with Gasteiger partial charge in [-0.1, -0.05) is 12.1 Å². The molecule has 1 heterocycles. The molecule has 0 amide bonds. The van der Waals surface area contributed by atoms with Crippen molar-refractivity contribution in [2.75, 3.05) is 0 Å². The maximum absolute atomic E-state index is 10.5. The molecule has 0 spiro atoms. The summed E-state index contributed by atoms with van der Waals surface area (Å²) in [5.41, 5.74) is 3.28. The van der Waals surface area contributed by atoms with Gasteiger partial charge < -0.3 is 4.74 Å². The standard InChI is InChI=1S/C11H9NO2S/c13-5-9-2-1-3-11(4-9)14-6-10-7-15-8-12-10/h1-5,7-8H,6H2. The van der Waals surface area contributed by atoms with Gasteiger partial charge in [0.2, 0.25) is 0 Å². The summed E-state index contributed by atoms with van der Waals surface area (Å²) in [6.07, 6.45) is 0.801. The Hall–Kier alpha value is -1.68. The van der Waals surface area contributed by atoms with Gasteiger partial charge in [-0.25, -0.2) is 4.98 Å². The first kappa shape index (κ1) is 9.86. The fourth-order valence-corrected chi connectivity index (χ4v) is 1.69. The van der Waals surface area contributed by atoms with Gasteiger partial charge in [-0.2, -0.15) is 0 Å². The Bertz CT molecular complexity index is 440. The van der Waals surface area contributed by atoms with Crippen LogP contribution in [-0.2, 0) is 6.61 Å². The third kappa shape index (κ3) is 2.63. The number of rotatable bonds is 4. The predicted molar refractivity (Wildman–Crippen MR) is 58.3 cm³/mol. The molecule has 15 heavy (non-hydrogen) atoms. The van der Waals surface area contributed by atoms with Crippen LogP contribution in [0.1, 0.15) is 16.1 Å². The van der Waals surface area contributed by atoms with Crippen LogP contribution in [0, 0.1) is 0 Å². The van der Waals surface area contributed by atoms with Crippen LogP contribution in [0.15, 0.2) is 35.2 Å². The fourth-order valence-electron chi connectivity index (χ4n) is 1.14. The van der Waals surface area contributed by atoms with E-state index in [1.807, 2.05) is 11.4 Å². The van der Waals surface area contributed by atoms with Crippen molar-refractivity contribution < 1.29 is 9.53 Å². The van der Waals surface area contributed by atoms with Crippen molar-refractivity contribution in [3.8, 4) is 5.75 Å². The first-order valence-corrected chi connectivity index (χ1v) is 5.38. The third-order valence-electron chi connectivity index (χ3n) is 1.86. The summed E-state index contributed by atoms with van der Waals surface area (Å²) in [5, 5.41) is 1.93. The molecular formula is C11H9NO2S. The van der Waals surface area contributed by atoms with Crippen LogP contribution in [0.2, 0.25) is 0 Å².